The molecule has 0 fully saturated rings. The number of aryl methyl sites for hydroxylation is 2. The normalized spacial score (nSPS) is 13.6. The fraction of sp³-hybridized carbons (Fsp3) is 0.625. The van der Waals surface area contributed by atoms with Crippen molar-refractivity contribution in [2.24, 2.45) is 5.92 Å². The van der Waals surface area contributed by atoms with Gasteiger partial charge in [-0.3, -0.25) is 9.48 Å². The molecule has 0 bridgehead atoms. The van der Waals surface area contributed by atoms with Gasteiger partial charge in [0.05, 0.1) is 12.2 Å². The number of rotatable bonds is 6. The zero-order valence-corrected chi connectivity index (χ0v) is 14.0. The van der Waals surface area contributed by atoms with E-state index in [1.165, 1.54) is 0 Å². The fourth-order valence-electron chi connectivity index (χ4n) is 3.00. The van der Waals surface area contributed by atoms with Crippen molar-refractivity contribution in [3.8, 4) is 0 Å². The summed E-state index contributed by atoms with van der Waals surface area (Å²) in [7, 11) is 0. The Morgan fingerprint density at radius 2 is 2.22 bits per heavy atom. The van der Waals surface area contributed by atoms with Crippen LogP contribution in [0.2, 0.25) is 0 Å². The first kappa shape index (κ1) is 15.7. The Morgan fingerprint density at radius 1 is 1.39 bits per heavy atom. The van der Waals surface area contributed by atoms with Crippen molar-refractivity contribution < 1.29 is 4.79 Å². The first-order valence-electron chi connectivity index (χ1n) is 8.34. The third-order valence-electron chi connectivity index (χ3n) is 4.07. The van der Waals surface area contributed by atoms with Crippen molar-refractivity contribution in [1.82, 2.24) is 29.9 Å². The van der Waals surface area contributed by atoms with Crippen LogP contribution in [0.4, 0.5) is 0 Å². The smallest absolute Gasteiger partial charge is 0.269 e. The number of carbonyl (C=O) groups excluding carboxylic acids is 1. The maximum atomic E-state index is 12.5. The van der Waals surface area contributed by atoms with Crippen molar-refractivity contribution in [3.63, 3.8) is 0 Å². The highest BCUT2D eigenvalue weighted by Gasteiger charge is 2.19. The molecule has 3 heterocycles. The SMILES string of the molecule is CCn1nc(CC(C)C)cc1C(=O)NCc1nnc2n1CCC2. The second-order valence-electron chi connectivity index (χ2n) is 6.40. The van der Waals surface area contributed by atoms with E-state index in [4.69, 9.17) is 0 Å². The topological polar surface area (TPSA) is 77.6 Å². The molecule has 3 rings (SSSR count). The Bertz CT molecular complexity index is 699. The van der Waals surface area contributed by atoms with Crippen molar-refractivity contribution >= 4 is 5.91 Å². The zero-order chi connectivity index (χ0) is 16.4. The van der Waals surface area contributed by atoms with E-state index in [1.807, 2.05) is 13.0 Å². The van der Waals surface area contributed by atoms with Crippen LogP contribution in [0.15, 0.2) is 6.07 Å². The highest BCUT2D eigenvalue weighted by atomic mass is 16.2. The molecule has 0 atom stereocenters. The molecule has 0 spiro atoms. The lowest BCUT2D eigenvalue weighted by Gasteiger charge is -2.07. The van der Waals surface area contributed by atoms with Gasteiger partial charge in [0.25, 0.3) is 5.91 Å². The van der Waals surface area contributed by atoms with Crippen LogP contribution in [0.3, 0.4) is 0 Å². The van der Waals surface area contributed by atoms with E-state index in [2.05, 4.69) is 39.0 Å². The van der Waals surface area contributed by atoms with Gasteiger partial charge in [-0.1, -0.05) is 13.8 Å². The molecule has 7 nitrogen and oxygen atoms in total. The van der Waals surface area contributed by atoms with Crippen molar-refractivity contribution in [3.05, 3.63) is 29.1 Å². The molecule has 1 N–H and O–H groups in total. The Balaban J connectivity index is 1.69. The average molecular weight is 316 g/mol. The van der Waals surface area contributed by atoms with E-state index in [9.17, 15) is 4.79 Å². The van der Waals surface area contributed by atoms with E-state index in [0.29, 0.717) is 24.7 Å². The van der Waals surface area contributed by atoms with Crippen LogP contribution in [-0.2, 0) is 32.5 Å². The monoisotopic (exact) mass is 316 g/mol. The Labute approximate surface area is 136 Å². The van der Waals surface area contributed by atoms with Crippen LogP contribution in [0.25, 0.3) is 0 Å². The molecule has 0 saturated carbocycles. The average Bonchev–Trinajstić information content (AvgIpc) is 3.19. The van der Waals surface area contributed by atoms with Gasteiger partial charge >= 0.3 is 0 Å². The first-order chi connectivity index (χ1) is 11.1. The molecular formula is C16H24N6O. The predicted molar refractivity (Wildman–Crippen MR) is 86.0 cm³/mol. The standard InChI is InChI=1S/C16H24N6O/c1-4-22-13(9-12(20-22)8-11(2)3)16(23)17-10-15-19-18-14-6-5-7-21(14)15/h9,11H,4-8,10H2,1-3H3,(H,17,23). The third kappa shape index (κ3) is 3.28. The molecule has 2 aromatic rings. The second-order valence-corrected chi connectivity index (χ2v) is 6.40. The molecule has 0 aromatic carbocycles. The summed E-state index contributed by atoms with van der Waals surface area (Å²) in [6.07, 6.45) is 2.96. The number of fused-ring (bicyclic) bond motifs is 1. The van der Waals surface area contributed by atoms with Crippen LogP contribution in [0.5, 0.6) is 0 Å². The molecule has 0 radical (unpaired) electrons. The number of nitrogens with one attached hydrogen (secondary N) is 1. The van der Waals surface area contributed by atoms with Crippen LogP contribution in [0, 0.1) is 5.92 Å². The summed E-state index contributed by atoms with van der Waals surface area (Å²) >= 11 is 0. The molecule has 1 aliphatic rings. The van der Waals surface area contributed by atoms with E-state index >= 15 is 0 Å². The summed E-state index contributed by atoms with van der Waals surface area (Å²) < 4.78 is 3.86. The molecule has 1 amide bonds. The summed E-state index contributed by atoms with van der Waals surface area (Å²) in [6, 6.07) is 1.90. The first-order valence-corrected chi connectivity index (χ1v) is 8.34. The quantitative estimate of drug-likeness (QED) is 0.877. The van der Waals surface area contributed by atoms with Gasteiger partial charge in [0.2, 0.25) is 0 Å². The number of hydrogen-bond acceptors (Lipinski definition) is 4. The van der Waals surface area contributed by atoms with Crippen molar-refractivity contribution in [1.29, 1.82) is 0 Å². The van der Waals surface area contributed by atoms with Crippen LogP contribution in [-0.4, -0.2) is 30.5 Å². The summed E-state index contributed by atoms with van der Waals surface area (Å²) in [5, 5.41) is 15.8. The van der Waals surface area contributed by atoms with Crippen molar-refractivity contribution in [2.75, 3.05) is 0 Å². The molecule has 124 valence electrons. The molecule has 0 aliphatic carbocycles. The Morgan fingerprint density at radius 3 is 2.96 bits per heavy atom. The zero-order valence-electron chi connectivity index (χ0n) is 14.0. The van der Waals surface area contributed by atoms with Gasteiger partial charge in [-0.05, 0) is 31.7 Å². The minimum Gasteiger partial charge on any atom is -0.343 e. The summed E-state index contributed by atoms with van der Waals surface area (Å²) in [5.74, 6) is 2.26. The minimum absolute atomic E-state index is 0.107. The lowest BCUT2D eigenvalue weighted by molar-refractivity contribution is 0.0938. The van der Waals surface area contributed by atoms with E-state index in [-0.39, 0.29) is 5.91 Å². The van der Waals surface area contributed by atoms with Gasteiger partial charge in [0.1, 0.15) is 11.5 Å². The lowest BCUT2D eigenvalue weighted by atomic mass is 10.1. The molecule has 2 aromatic heterocycles. The van der Waals surface area contributed by atoms with Gasteiger partial charge < -0.3 is 9.88 Å². The fourth-order valence-corrected chi connectivity index (χ4v) is 3.00. The number of nitrogens with zero attached hydrogens (tertiary/aromatic N) is 5. The highest BCUT2D eigenvalue weighted by Crippen LogP contribution is 2.14. The molecular weight excluding hydrogens is 292 g/mol. The van der Waals surface area contributed by atoms with E-state index in [0.717, 1.165) is 43.1 Å². The maximum Gasteiger partial charge on any atom is 0.269 e. The summed E-state index contributed by atoms with van der Waals surface area (Å²) in [6.45, 7) is 8.32. The lowest BCUT2D eigenvalue weighted by Crippen LogP contribution is -2.27. The van der Waals surface area contributed by atoms with Gasteiger partial charge in [-0.25, -0.2) is 0 Å². The number of aromatic nitrogens is 5. The van der Waals surface area contributed by atoms with Gasteiger partial charge in [0, 0.05) is 19.5 Å². The summed E-state index contributed by atoms with van der Waals surface area (Å²) in [4.78, 5) is 12.5. The van der Waals surface area contributed by atoms with Gasteiger partial charge in [-0.15, -0.1) is 10.2 Å². The number of hydrogen-bond donors (Lipinski definition) is 1. The second kappa shape index (κ2) is 6.52. The molecule has 0 saturated heterocycles. The molecule has 1 aliphatic heterocycles. The largest absolute Gasteiger partial charge is 0.343 e. The Hall–Kier alpha value is -2.18. The predicted octanol–water partition coefficient (Wildman–Crippen LogP) is 1.57. The van der Waals surface area contributed by atoms with Crippen LogP contribution >= 0.6 is 0 Å². The van der Waals surface area contributed by atoms with Gasteiger partial charge in [0.15, 0.2) is 5.82 Å². The van der Waals surface area contributed by atoms with Crippen LogP contribution in [0.1, 0.15) is 55.0 Å². The maximum absolute atomic E-state index is 12.5. The highest BCUT2D eigenvalue weighted by molar-refractivity contribution is 5.92. The van der Waals surface area contributed by atoms with Crippen LogP contribution < -0.4 is 5.32 Å². The van der Waals surface area contributed by atoms with Gasteiger partial charge in [-0.2, -0.15) is 5.10 Å². The molecule has 23 heavy (non-hydrogen) atoms. The molecule has 0 unspecified atom stereocenters. The minimum atomic E-state index is -0.107. The summed E-state index contributed by atoms with van der Waals surface area (Å²) in [5.41, 5.74) is 1.58. The number of carbonyl (C=O) groups is 1. The van der Waals surface area contributed by atoms with Crippen molar-refractivity contribution in [2.45, 2.75) is 59.7 Å². The molecule has 7 heteroatoms. The van der Waals surface area contributed by atoms with E-state index in [1.54, 1.807) is 4.68 Å². The Kier molecular flexibility index (Phi) is 4.45. The third-order valence-corrected chi connectivity index (χ3v) is 4.07. The van der Waals surface area contributed by atoms with E-state index < -0.39 is 0 Å². The number of amides is 1.